The molecule has 0 saturated heterocycles. The van der Waals surface area contributed by atoms with Crippen molar-refractivity contribution in [2.24, 2.45) is 5.73 Å². The number of rotatable bonds is 2. The highest BCUT2D eigenvalue weighted by atomic mass is 16.1. The van der Waals surface area contributed by atoms with Gasteiger partial charge in [-0.2, -0.15) is 0 Å². The summed E-state index contributed by atoms with van der Waals surface area (Å²) < 4.78 is 2.30. The number of nitrogens with one attached hydrogen (secondary N) is 1. The number of nitrogens with two attached hydrogens (primary N) is 1. The van der Waals surface area contributed by atoms with Gasteiger partial charge in [0.1, 0.15) is 0 Å². The van der Waals surface area contributed by atoms with Crippen molar-refractivity contribution in [2.45, 2.75) is 13.0 Å². The Morgan fingerprint density at radius 1 is 1.09 bits per heavy atom. The number of hydrogen-bond donors (Lipinski definition) is 2. The van der Waals surface area contributed by atoms with Gasteiger partial charge in [-0.25, -0.2) is 0 Å². The molecule has 1 aliphatic rings. The first-order valence-electron chi connectivity index (χ1n) is 7.48. The predicted octanol–water partition coefficient (Wildman–Crippen LogP) is 2.38. The van der Waals surface area contributed by atoms with Crippen LogP contribution in [0, 0.1) is 0 Å². The van der Waals surface area contributed by atoms with E-state index in [9.17, 15) is 4.79 Å². The molecule has 0 spiro atoms. The quantitative estimate of drug-likeness (QED) is 0.761. The van der Waals surface area contributed by atoms with Gasteiger partial charge in [0.25, 0.3) is 0 Å². The van der Waals surface area contributed by atoms with Gasteiger partial charge in [0, 0.05) is 41.8 Å². The molecule has 0 radical (unpaired) electrons. The summed E-state index contributed by atoms with van der Waals surface area (Å²) in [4.78, 5) is 11.3. The zero-order valence-electron chi connectivity index (χ0n) is 12.2. The molecule has 1 aromatic heterocycles. The van der Waals surface area contributed by atoms with Crippen LogP contribution < -0.4 is 11.1 Å². The topological polar surface area (TPSA) is 60.1 Å². The van der Waals surface area contributed by atoms with E-state index < -0.39 is 5.91 Å². The lowest BCUT2D eigenvalue weighted by Crippen LogP contribution is -2.24. The Hall–Kier alpha value is -2.59. The monoisotopic (exact) mass is 291 g/mol. The van der Waals surface area contributed by atoms with E-state index in [-0.39, 0.29) is 0 Å². The first-order chi connectivity index (χ1) is 10.8. The average molecular weight is 291 g/mol. The largest absolute Gasteiger partial charge is 0.366 e. The lowest BCUT2D eigenvalue weighted by Gasteiger charge is -2.17. The third-order valence-corrected chi connectivity index (χ3v) is 4.34. The van der Waals surface area contributed by atoms with Crippen LogP contribution in [0.4, 0.5) is 0 Å². The molecule has 0 aliphatic carbocycles. The second-order valence-electron chi connectivity index (χ2n) is 5.62. The number of primary amides is 1. The van der Waals surface area contributed by atoms with E-state index in [1.165, 1.54) is 22.2 Å². The van der Waals surface area contributed by atoms with Crippen molar-refractivity contribution >= 4 is 16.8 Å². The fraction of sp³-hybridized carbons (Fsp3) is 0.167. The highest BCUT2D eigenvalue weighted by molar-refractivity contribution is 5.93. The molecule has 1 amide bonds. The van der Waals surface area contributed by atoms with Gasteiger partial charge >= 0.3 is 0 Å². The van der Waals surface area contributed by atoms with Gasteiger partial charge in [-0.15, -0.1) is 0 Å². The van der Waals surface area contributed by atoms with Crippen molar-refractivity contribution in [1.82, 2.24) is 9.88 Å². The molecule has 3 aromatic rings. The van der Waals surface area contributed by atoms with Crippen LogP contribution in [-0.4, -0.2) is 17.0 Å². The maximum atomic E-state index is 11.3. The van der Waals surface area contributed by atoms with Crippen LogP contribution in [0.1, 0.15) is 21.6 Å². The Morgan fingerprint density at radius 3 is 2.64 bits per heavy atom. The summed E-state index contributed by atoms with van der Waals surface area (Å²) >= 11 is 0. The van der Waals surface area contributed by atoms with Crippen molar-refractivity contribution in [3.8, 4) is 5.69 Å². The molecule has 0 atom stereocenters. The van der Waals surface area contributed by atoms with Gasteiger partial charge in [-0.3, -0.25) is 4.79 Å². The number of amides is 1. The minimum atomic E-state index is -0.393. The molecule has 0 unspecified atom stereocenters. The first-order valence-corrected chi connectivity index (χ1v) is 7.48. The normalized spacial score (nSPS) is 14.0. The van der Waals surface area contributed by atoms with E-state index in [0.29, 0.717) is 5.56 Å². The van der Waals surface area contributed by atoms with Gasteiger partial charge in [-0.05, 0) is 35.9 Å². The van der Waals surface area contributed by atoms with Crippen LogP contribution in [0.2, 0.25) is 0 Å². The van der Waals surface area contributed by atoms with Crippen molar-refractivity contribution in [3.05, 3.63) is 65.4 Å². The molecule has 0 bridgehead atoms. The summed E-state index contributed by atoms with van der Waals surface area (Å²) in [5, 5.41) is 4.74. The van der Waals surface area contributed by atoms with Crippen molar-refractivity contribution in [3.63, 3.8) is 0 Å². The molecular weight excluding hydrogens is 274 g/mol. The molecule has 3 N–H and O–H groups in total. The number of benzene rings is 2. The van der Waals surface area contributed by atoms with E-state index >= 15 is 0 Å². The number of nitrogens with zero attached hydrogens (tertiary/aromatic N) is 1. The summed E-state index contributed by atoms with van der Waals surface area (Å²) in [6.45, 7) is 1.89. The molecular formula is C18H17N3O. The smallest absolute Gasteiger partial charge is 0.248 e. The van der Waals surface area contributed by atoms with E-state index in [0.717, 1.165) is 25.2 Å². The molecule has 4 nitrogen and oxygen atoms in total. The Labute approximate surface area is 128 Å². The number of aromatic nitrogens is 1. The molecule has 4 rings (SSSR count). The van der Waals surface area contributed by atoms with Gasteiger partial charge in [0.15, 0.2) is 0 Å². The van der Waals surface area contributed by atoms with Gasteiger partial charge in [-0.1, -0.05) is 18.2 Å². The fourth-order valence-corrected chi connectivity index (χ4v) is 3.31. The van der Waals surface area contributed by atoms with Gasteiger partial charge in [0.2, 0.25) is 5.91 Å². The molecule has 2 aromatic carbocycles. The molecule has 0 saturated carbocycles. The van der Waals surface area contributed by atoms with Crippen LogP contribution >= 0.6 is 0 Å². The summed E-state index contributed by atoms with van der Waals surface area (Å²) in [6.07, 6.45) is 1.00. The maximum Gasteiger partial charge on any atom is 0.248 e. The highest BCUT2D eigenvalue weighted by Gasteiger charge is 2.20. The Morgan fingerprint density at radius 2 is 1.86 bits per heavy atom. The van der Waals surface area contributed by atoms with Crippen LogP contribution in [0.15, 0.2) is 48.5 Å². The summed E-state index contributed by atoms with van der Waals surface area (Å²) in [7, 11) is 0. The van der Waals surface area contributed by atoms with Crippen molar-refractivity contribution in [2.75, 3.05) is 6.54 Å². The van der Waals surface area contributed by atoms with E-state index in [2.05, 4.69) is 34.1 Å². The third kappa shape index (κ3) is 1.92. The molecule has 2 heterocycles. The SMILES string of the molecule is NC(=O)c1ccc(-n2c3c(c4ccccc42)CNCC3)cc1. The standard InChI is InChI=1S/C18H17N3O/c19-18(22)12-5-7-13(8-6-12)21-16-4-2-1-3-14(16)15-11-20-10-9-17(15)21/h1-8,20H,9-11H2,(H2,19,22). The van der Waals surface area contributed by atoms with Crippen molar-refractivity contribution in [1.29, 1.82) is 0 Å². The number of para-hydroxylation sites is 1. The third-order valence-electron chi connectivity index (χ3n) is 4.34. The number of carbonyl (C=O) groups is 1. The summed E-state index contributed by atoms with van der Waals surface area (Å²) in [5.74, 6) is -0.393. The number of hydrogen-bond acceptors (Lipinski definition) is 2. The van der Waals surface area contributed by atoms with Crippen LogP contribution in [-0.2, 0) is 13.0 Å². The van der Waals surface area contributed by atoms with E-state index in [4.69, 9.17) is 5.73 Å². The predicted molar refractivity (Wildman–Crippen MR) is 87.2 cm³/mol. The van der Waals surface area contributed by atoms with Crippen LogP contribution in [0.3, 0.4) is 0 Å². The zero-order chi connectivity index (χ0) is 15.1. The molecule has 0 fully saturated rings. The second kappa shape index (κ2) is 5.00. The number of carbonyl (C=O) groups excluding carboxylic acids is 1. The molecule has 110 valence electrons. The number of fused-ring (bicyclic) bond motifs is 3. The highest BCUT2D eigenvalue weighted by Crippen LogP contribution is 2.31. The Bertz CT molecular complexity index is 862. The van der Waals surface area contributed by atoms with Gasteiger partial charge < -0.3 is 15.6 Å². The summed E-state index contributed by atoms with van der Waals surface area (Å²) in [6, 6.07) is 16.0. The minimum Gasteiger partial charge on any atom is -0.366 e. The van der Waals surface area contributed by atoms with Crippen molar-refractivity contribution < 1.29 is 4.79 Å². The lowest BCUT2D eigenvalue weighted by molar-refractivity contribution is 0.100. The first kappa shape index (κ1) is 13.1. The summed E-state index contributed by atoms with van der Waals surface area (Å²) in [5.41, 5.74) is 10.9. The maximum absolute atomic E-state index is 11.3. The van der Waals surface area contributed by atoms with Crippen LogP contribution in [0.5, 0.6) is 0 Å². The zero-order valence-corrected chi connectivity index (χ0v) is 12.2. The average Bonchev–Trinajstić information content (AvgIpc) is 2.89. The molecule has 22 heavy (non-hydrogen) atoms. The van der Waals surface area contributed by atoms with Crippen LogP contribution in [0.25, 0.3) is 16.6 Å². The lowest BCUT2D eigenvalue weighted by atomic mass is 10.1. The second-order valence-corrected chi connectivity index (χ2v) is 5.62. The Kier molecular flexibility index (Phi) is 2.98. The fourth-order valence-electron chi connectivity index (χ4n) is 3.31. The molecule has 4 heteroatoms. The van der Waals surface area contributed by atoms with E-state index in [1.807, 2.05) is 12.1 Å². The molecule has 1 aliphatic heterocycles. The minimum absolute atomic E-state index is 0.393. The van der Waals surface area contributed by atoms with Gasteiger partial charge in [0.05, 0.1) is 5.52 Å². The van der Waals surface area contributed by atoms with E-state index in [1.54, 1.807) is 12.1 Å². The Balaban J connectivity index is 1.96.